The number of rotatable bonds is 9. The van der Waals surface area contributed by atoms with Crippen molar-refractivity contribution in [2.24, 2.45) is 7.05 Å². The molecule has 0 bridgehead atoms. The fourth-order valence-corrected chi connectivity index (χ4v) is 5.58. The van der Waals surface area contributed by atoms with Gasteiger partial charge in [0.25, 0.3) is 0 Å². The molecule has 9 heteroatoms. The van der Waals surface area contributed by atoms with E-state index in [4.69, 9.17) is 22.3 Å². The van der Waals surface area contributed by atoms with Gasteiger partial charge in [-0.2, -0.15) is 0 Å². The molecular weight excluding hydrogens is 527 g/mol. The summed E-state index contributed by atoms with van der Waals surface area (Å²) in [4.78, 5) is 20.2. The Morgan fingerprint density at radius 1 is 1.10 bits per heavy atom. The van der Waals surface area contributed by atoms with Crippen LogP contribution in [-0.2, 0) is 24.7 Å². The minimum Gasteiger partial charge on any atom is -0.399 e. The lowest BCUT2D eigenvalue weighted by molar-refractivity contribution is -0.121. The Hall–Kier alpha value is -3.62. The molecule has 1 aliphatic heterocycles. The van der Waals surface area contributed by atoms with E-state index in [1.54, 1.807) is 6.07 Å². The Balaban J connectivity index is 1.14. The first kappa shape index (κ1) is 27.9. The third-order valence-electron chi connectivity index (χ3n) is 7.83. The zero-order chi connectivity index (χ0) is 28.2. The summed E-state index contributed by atoms with van der Waals surface area (Å²) in [6.45, 7) is 3.51. The lowest BCUT2D eigenvalue weighted by Gasteiger charge is -2.36. The first-order chi connectivity index (χ1) is 19.3. The lowest BCUT2D eigenvalue weighted by atomic mass is 10.0. The monoisotopic (exact) mass is 562 g/mol. The van der Waals surface area contributed by atoms with Gasteiger partial charge in [0.05, 0.1) is 27.8 Å². The minimum atomic E-state index is -0.349. The van der Waals surface area contributed by atoms with Crippen LogP contribution in [0.5, 0.6) is 0 Å². The van der Waals surface area contributed by atoms with Crippen LogP contribution in [0.1, 0.15) is 37.6 Å². The third-order valence-corrected chi connectivity index (χ3v) is 8.15. The van der Waals surface area contributed by atoms with Gasteiger partial charge in [-0.1, -0.05) is 23.7 Å². The summed E-state index contributed by atoms with van der Waals surface area (Å²) >= 11 is 6.17. The summed E-state index contributed by atoms with van der Waals surface area (Å²) in [5.74, 6) is 0.644. The number of hydrogen-bond donors (Lipinski definition) is 3. The molecule has 3 aromatic carbocycles. The molecule has 1 fully saturated rings. The molecule has 4 N–H and O–H groups in total. The largest absolute Gasteiger partial charge is 0.399 e. The highest BCUT2D eigenvalue weighted by Crippen LogP contribution is 2.26. The average Bonchev–Trinajstić information content (AvgIpc) is 3.25. The molecule has 5 rings (SSSR count). The number of fused-ring (bicyclic) bond motifs is 1. The van der Waals surface area contributed by atoms with E-state index < -0.39 is 0 Å². The molecule has 1 unspecified atom stereocenters. The number of piperidine rings is 1. The number of likely N-dealkylation sites (tertiary alicyclic amines) is 1. The van der Waals surface area contributed by atoms with E-state index in [1.807, 2.05) is 44.3 Å². The Kier molecular flexibility index (Phi) is 8.57. The van der Waals surface area contributed by atoms with E-state index in [9.17, 15) is 9.18 Å². The van der Waals surface area contributed by atoms with Crippen molar-refractivity contribution in [3.05, 3.63) is 82.9 Å². The molecule has 1 amide bonds. The molecule has 0 spiro atoms. The molecule has 7 nitrogen and oxygen atoms in total. The summed E-state index contributed by atoms with van der Waals surface area (Å²) < 4.78 is 15.5. The number of amides is 1. The van der Waals surface area contributed by atoms with E-state index in [1.165, 1.54) is 17.7 Å². The summed E-state index contributed by atoms with van der Waals surface area (Å²) in [5, 5.41) is 6.88. The number of aryl methyl sites for hydroxylation is 3. The minimum absolute atomic E-state index is 0.0352. The van der Waals surface area contributed by atoms with Gasteiger partial charge >= 0.3 is 0 Å². The molecule has 2 heterocycles. The number of imidazole rings is 1. The first-order valence-electron chi connectivity index (χ1n) is 13.8. The van der Waals surface area contributed by atoms with Crippen molar-refractivity contribution < 1.29 is 9.18 Å². The predicted octanol–water partition coefficient (Wildman–Crippen LogP) is 6.03. The quantitative estimate of drug-likeness (QED) is 0.217. The fraction of sp³-hybridized carbons (Fsp3) is 0.355. The number of nitrogens with one attached hydrogen (secondary N) is 2. The van der Waals surface area contributed by atoms with Gasteiger partial charge in [-0.05, 0) is 86.7 Å². The number of benzene rings is 3. The third kappa shape index (κ3) is 6.57. The molecular formula is C31H36ClFN6O. The Morgan fingerprint density at radius 2 is 1.85 bits per heavy atom. The van der Waals surface area contributed by atoms with Crippen LogP contribution in [0.15, 0.2) is 60.7 Å². The molecule has 40 heavy (non-hydrogen) atoms. The van der Waals surface area contributed by atoms with Gasteiger partial charge in [0.1, 0.15) is 11.6 Å². The van der Waals surface area contributed by atoms with Gasteiger partial charge in [0.2, 0.25) is 5.91 Å². The van der Waals surface area contributed by atoms with Crippen molar-refractivity contribution in [2.45, 2.75) is 51.1 Å². The van der Waals surface area contributed by atoms with Crippen molar-refractivity contribution in [1.29, 1.82) is 0 Å². The highest BCUT2D eigenvalue weighted by atomic mass is 35.5. The number of anilines is 3. The summed E-state index contributed by atoms with van der Waals surface area (Å²) in [7, 11) is 2.04. The van der Waals surface area contributed by atoms with Crippen LogP contribution in [-0.4, -0.2) is 45.5 Å². The molecule has 4 aromatic rings. The van der Waals surface area contributed by atoms with Gasteiger partial charge in [0.15, 0.2) is 0 Å². The normalized spacial score (nSPS) is 15.3. The fourth-order valence-electron chi connectivity index (χ4n) is 5.36. The summed E-state index contributed by atoms with van der Waals surface area (Å²) in [6.07, 6.45) is 4.56. The summed E-state index contributed by atoms with van der Waals surface area (Å²) in [6, 6.07) is 18.3. The average molecular weight is 563 g/mol. The van der Waals surface area contributed by atoms with E-state index >= 15 is 0 Å². The van der Waals surface area contributed by atoms with E-state index in [0.29, 0.717) is 5.02 Å². The second kappa shape index (κ2) is 12.3. The van der Waals surface area contributed by atoms with E-state index in [0.717, 1.165) is 79.1 Å². The number of hydrogen-bond acceptors (Lipinski definition) is 5. The maximum Gasteiger partial charge on any atom is 0.241 e. The Morgan fingerprint density at radius 3 is 2.58 bits per heavy atom. The van der Waals surface area contributed by atoms with Crippen LogP contribution in [0.3, 0.4) is 0 Å². The van der Waals surface area contributed by atoms with Crippen molar-refractivity contribution >= 4 is 45.6 Å². The van der Waals surface area contributed by atoms with Gasteiger partial charge in [-0.15, -0.1) is 0 Å². The lowest BCUT2D eigenvalue weighted by Crippen LogP contribution is -2.48. The van der Waals surface area contributed by atoms with Crippen LogP contribution < -0.4 is 16.4 Å². The molecule has 0 saturated carbocycles. The van der Waals surface area contributed by atoms with Crippen LogP contribution in [0.25, 0.3) is 11.0 Å². The van der Waals surface area contributed by atoms with Crippen molar-refractivity contribution in [3.8, 4) is 0 Å². The van der Waals surface area contributed by atoms with Gasteiger partial charge in [-0.25, -0.2) is 9.37 Å². The highest BCUT2D eigenvalue weighted by Gasteiger charge is 2.27. The van der Waals surface area contributed by atoms with Gasteiger partial charge in [-0.3, -0.25) is 9.69 Å². The SMILES string of the molecule is CC(C(=O)Nc1ccc2c(c1)nc(CCCc1ccc(N)cc1)n2C)N1CCC(Nc2ccc(F)cc2Cl)CC1. The molecule has 1 saturated heterocycles. The van der Waals surface area contributed by atoms with Crippen molar-refractivity contribution in [1.82, 2.24) is 14.5 Å². The number of nitrogens with two attached hydrogens (primary N) is 1. The zero-order valence-electron chi connectivity index (χ0n) is 23.0. The van der Waals surface area contributed by atoms with E-state index in [2.05, 4.69) is 32.2 Å². The molecule has 1 atom stereocenters. The maximum absolute atomic E-state index is 13.3. The number of carbonyl (C=O) groups excluding carboxylic acids is 1. The van der Waals surface area contributed by atoms with Crippen LogP contribution in [0, 0.1) is 5.82 Å². The van der Waals surface area contributed by atoms with Crippen molar-refractivity contribution in [3.63, 3.8) is 0 Å². The number of nitrogens with zero attached hydrogens (tertiary/aromatic N) is 3. The molecule has 1 aromatic heterocycles. The van der Waals surface area contributed by atoms with Crippen LogP contribution in [0.2, 0.25) is 5.02 Å². The standard InChI is InChI=1S/C31H36ClFN6O/c1-20(39-16-14-24(15-17-39)35-27-12-8-22(33)18-26(27)32)31(40)36-25-11-13-29-28(19-25)37-30(38(29)2)5-3-4-21-6-9-23(34)10-7-21/h6-13,18-20,24,35H,3-5,14-17,34H2,1-2H3,(H,36,40). The smallest absolute Gasteiger partial charge is 0.241 e. The van der Waals surface area contributed by atoms with Crippen molar-refractivity contribution in [2.75, 3.05) is 29.5 Å². The number of nitrogen functional groups attached to an aromatic ring is 1. The van der Waals surface area contributed by atoms with Crippen LogP contribution >= 0.6 is 11.6 Å². The van der Waals surface area contributed by atoms with Crippen LogP contribution in [0.4, 0.5) is 21.5 Å². The van der Waals surface area contributed by atoms with Gasteiger partial charge < -0.3 is 20.9 Å². The first-order valence-corrected chi connectivity index (χ1v) is 14.2. The van der Waals surface area contributed by atoms with Gasteiger partial charge in [0, 0.05) is 44.0 Å². The topological polar surface area (TPSA) is 88.2 Å². The molecule has 0 radical (unpaired) electrons. The second-order valence-corrected chi connectivity index (χ2v) is 11.0. The molecule has 1 aliphatic rings. The number of aromatic nitrogens is 2. The Bertz CT molecular complexity index is 1480. The molecule has 210 valence electrons. The zero-order valence-corrected chi connectivity index (χ0v) is 23.7. The number of carbonyl (C=O) groups is 1. The summed E-state index contributed by atoms with van der Waals surface area (Å²) in [5.41, 5.74) is 11.2. The maximum atomic E-state index is 13.3. The molecule has 0 aliphatic carbocycles. The second-order valence-electron chi connectivity index (χ2n) is 10.6. The number of halogens is 2. The highest BCUT2D eigenvalue weighted by molar-refractivity contribution is 6.33. The predicted molar refractivity (Wildman–Crippen MR) is 161 cm³/mol. The Labute approximate surface area is 239 Å². The van der Waals surface area contributed by atoms with E-state index in [-0.39, 0.29) is 23.8 Å².